The zero-order chi connectivity index (χ0) is 8.10. The monoisotopic (exact) mass is 152 g/mol. The van der Waals surface area contributed by atoms with Gasteiger partial charge in [0.2, 0.25) is 0 Å². The molecule has 1 aromatic rings. The third-order valence-electron chi connectivity index (χ3n) is 1.67. The summed E-state index contributed by atoms with van der Waals surface area (Å²) in [4.78, 5) is 0. The molecule has 11 heavy (non-hydrogen) atoms. The fraction of sp³-hybridized carbons (Fsp3) is 0.714. The number of hydrogen-bond donors (Lipinski definition) is 0. The maximum absolute atomic E-state index is 3.87. The predicted molar refractivity (Wildman–Crippen MR) is 40.9 cm³/mol. The molecule has 0 amide bonds. The molecular weight excluding hydrogens is 140 g/mol. The molecule has 60 valence electrons. The minimum atomic E-state index is 0.447. The summed E-state index contributed by atoms with van der Waals surface area (Å²) in [5.41, 5.74) is 0.932. The van der Waals surface area contributed by atoms with Crippen LogP contribution in [0.25, 0.3) is 0 Å². The van der Waals surface area contributed by atoms with Crippen molar-refractivity contribution >= 4 is 0 Å². The van der Waals surface area contributed by atoms with Gasteiger partial charge in [-0.25, -0.2) is 0 Å². The molecular formula is C7H12N4. The average molecular weight is 152 g/mol. The van der Waals surface area contributed by atoms with Crippen LogP contribution in [0.15, 0.2) is 6.20 Å². The SMILES string of the molecule is CCCC(C)c1cnnnn1. The van der Waals surface area contributed by atoms with E-state index in [9.17, 15) is 0 Å². The molecule has 0 saturated carbocycles. The summed E-state index contributed by atoms with van der Waals surface area (Å²) in [7, 11) is 0. The van der Waals surface area contributed by atoms with E-state index in [1.807, 2.05) is 0 Å². The van der Waals surface area contributed by atoms with E-state index in [0.717, 1.165) is 18.5 Å². The van der Waals surface area contributed by atoms with Gasteiger partial charge in [0.1, 0.15) is 0 Å². The van der Waals surface area contributed by atoms with Crippen LogP contribution in [0.3, 0.4) is 0 Å². The van der Waals surface area contributed by atoms with Crippen molar-refractivity contribution in [2.75, 3.05) is 0 Å². The number of hydrogen-bond acceptors (Lipinski definition) is 4. The molecule has 1 heterocycles. The van der Waals surface area contributed by atoms with Crippen molar-refractivity contribution in [2.24, 2.45) is 0 Å². The molecule has 0 N–H and O–H groups in total. The molecule has 0 spiro atoms. The molecule has 0 bridgehead atoms. The number of rotatable bonds is 3. The highest BCUT2D eigenvalue weighted by molar-refractivity contribution is 4.97. The first-order chi connectivity index (χ1) is 5.34. The second kappa shape index (κ2) is 3.95. The van der Waals surface area contributed by atoms with Crippen LogP contribution < -0.4 is 0 Å². The summed E-state index contributed by atoms with van der Waals surface area (Å²) in [5.74, 6) is 0.447. The average Bonchev–Trinajstić information content (AvgIpc) is 2.07. The molecule has 0 aliphatic rings. The van der Waals surface area contributed by atoms with Crippen LogP contribution >= 0.6 is 0 Å². The van der Waals surface area contributed by atoms with Crippen LogP contribution in [0.4, 0.5) is 0 Å². The molecule has 0 radical (unpaired) electrons. The Morgan fingerprint density at radius 1 is 1.45 bits per heavy atom. The third-order valence-corrected chi connectivity index (χ3v) is 1.67. The van der Waals surface area contributed by atoms with Gasteiger partial charge < -0.3 is 0 Å². The van der Waals surface area contributed by atoms with Gasteiger partial charge >= 0.3 is 0 Å². The predicted octanol–water partition coefficient (Wildman–Crippen LogP) is 1.17. The van der Waals surface area contributed by atoms with Gasteiger partial charge in [-0.1, -0.05) is 20.3 Å². The van der Waals surface area contributed by atoms with Crippen molar-refractivity contribution < 1.29 is 0 Å². The van der Waals surface area contributed by atoms with E-state index in [1.54, 1.807) is 6.20 Å². The van der Waals surface area contributed by atoms with E-state index in [-0.39, 0.29) is 0 Å². The van der Waals surface area contributed by atoms with Crippen molar-refractivity contribution in [3.63, 3.8) is 0 Å². The topological polar surface area (TPSA) is 51.6 Å². The lowest BCUT2D eigenvalue weighted by Crippen LogP contribution is -2.01. The van der Waals surface area contributed by atoms with E-state index in [4.69, 9.17) is 0 Å². The lowest BCUT2D eigenvalue weighted by molar-refractivity contribution is 0.608. The molecule has 1 atom stereocenters. The van der Waals surface area contributed by atoms with Gasteiger partial charge in [0.25, 0.3) is 0 Å². The molecule has 4 heteroatoms. The first-order valence-electron chi connectivity index (χ1n) is 3.85. The van der Waals surface area contributed by atoms with Crippen LogP contribution in [0, 0.1) is 0 Å². The van der Waals surface area contributed by atoms with Crippen LogP contribution in [-0.4, -0.2) is 20.6 Å². The Bertz CT molecular complexity index is 199. The normalized spacial score (nSPS) is 12.9. The minimum absolute atomic E-state index is 0.447. The van der Waals surface area contributed by atoms with E-state index in [1.165, 1.54) is 0 Å². The standard InChI is InChI=1S/C7H12N4/c1-3-4-6(2)7-5-8-10-11-9-7/h5-6H,3-4H2,1-2H3. The van der Waals surface area contributed by atoms with E-state index in [0.29, 0.717) is 5.92 Å². The van der Waals surface area contributed by atoms with Gasteiger partial charge in [-0.3, -0.25) is 0 Å². The van der Waals surface area contributed by atoms with Crippen molar-refractivity contribution in [1.29, 1.82) is 0 Å². The Morgan fingerprint density at radius 3 is 2.82 bits per heavy atom. The Labute approximate surface area is 66.0 Å². The van der Waals surface area contributed by atoms with Gasteiger partial charge in [-0.05, 0) is 16.8 Å². The lowest BCUT2D eigenvalue weighted by atomic mass is 10.0. The van der Waals surface area contributed by atoms with E-state index in [2.05, 4.69) is 34.5 Å². The Balaban J connectivity index is 2.61. The van der Waals surface area contributed by atoms with Crippen molar-refractivity contribution in [3.05, 3.63) is 11.9 Å². The lowest BCUT2D eigenvalue weighted by Gasteiger charge is -2.05. The first-order valence-corrected chi connectivity index (χ1v) is 3.85. The largest absolute Gasteiger partial charge is 0.135 e. The Hall–Kier alpha value is -1.06. The summed E-state index contributed by atoms with van der Waals surface area (Å²) >= 11 is 0. The van der Waals surface area contributed by atoms with Gasteiger partial charge in [0.15, 0.2) is 0 Å². The first kappa shape index (κ1) is 8.04. The molecule has 1 unspecified atom stereocenters. The molecule has 0 saturated heterocycles. The fourth-order valence-electron chi connectivity index (χ4n) is 1.01. The number of aromatic nitrogens is 4. The van der Waals surface area contributed by atoms with Crippen LogP contribution in [0.5, 0.6) is 0 Å². The molecule has 0 fully saturated rings. The fourth-order valence-corrected chi connectivity index (χ4v) is 1.01. The minimum Gasteiger partial charge on any atom is -0.135 e. The molecule has 0 aromatic carbocycles. The maximum atomic E-state index is 3.87. The van der Waals surface area contributed by atoms with Gasteiger partial charge in [-0.15, -0.1) is 10.2 Å². The van der Waals surface area contributed by atoms with Crippen LogP contribution in [-0.2, 0) is 0 Å². The summed E-state index contributed by atoms with van der Waals surface area (Å²) in [6.45, 7) is 4.27. The van der Waals surface area contributed by atoms with Gasteiger partial charge in [-0.2, -0.15) is 0 Å². The Morgan fingerprint density at radius 2 is 2.27 bits per heavy atom. The summed E-state index contributed by atoms with van der Waals surface area (Å²) in [6, 6.07) is 0. The zero-order valence-electron chi connectivity index (χ0n) is 6.86. The summed E-state index contributed by atoms with van der Waals surface area (Å²) in [5, 5.41) is 14.4. The summed E-state index contributed by atoms with van der Waals surface area (Å²) in [6.07, 6.45) is 3.96. The molecule has 0 aliphatic heterocycles. The van der Waals surface area contributed by atoms with E-state index >= 15 is 0 Å². The van der Waals surface area contributed by atoms with Crippen molar-refractivity contribution in [3.8, 4) is 0 Å². The van der Waals surface area contributed by atoms with Crippen molar-refractivity contribution in [1.82, 2.24) is 20.6 Å². The molecule has 1 aromatic heterocycles. The third kappa shape index (κ3) is 2.22. The maximum Gasteiger partial charge on any atom is 0.0879 e. The second-order valence-corrected chi connectivity index (χ2v) is 2.64. The zero-order valence-corrected chi connectivity index (χ0v) is 6.86. The highest BCUT2D eigenvalue weighted by Crippen LogP contribution is 2.15. The van der Waals surface area contributed by atoms with Gasteiger partial charge in [0.05, 0.1) is 11.9 Å². The molecule has 0 aliphatic carbocycles. The van der Waals surface area contributed by atoms with E-state index < -0.39 is 0 Å². The molecule has 1 rings (SSSR count). The smallest absolute Gasteiger partial charge is 0.0879 e. The summed E-state index contributed by atoms with van der Waals surface area (Å²) < 4.78 is 0. The van der Waals surface area contributed by atoms with Gasteiger partial charge in [0, 0.05) is 5.92 Å². The number of nitrogens with zero attached hydrogens (tertiary/aromatic N) is 4. The second-order valence-electron chi connectivity index (χ2n) is 2.64. The highest BCUT2D eigenvalue weighted by Gasteiger charge is 2.05. The van der Waals surface area contributed by atoms with Crippen LogP contribution in [0.1, 0.15) is 38.3 Å². The van der Waals surface area contributed by atoms with Crippen LogP contribution in [0.2, 0.25) is 0 Å². The highest BCUT2D eigenvalue weighted by atomic mass is 15.4. The quantitative estimate of drug-likeness (QED) is 0.652. The van der Waals surface area contributed by atoms with Crippen molar-refractivity contribution in [2.45, 2.75) is 32.6 Å². The Kier molecular flexibility index (Phi) is 2.89. The molecule has 4 nitrogen and oxygen atoms in total.